The maximum atomic E-state index is 12.7. The minimum absolute atomic E-state index is 0.138. The molecule has 3 rings (SSSR count). The number of hydrogen-bond acceptors (Lipinski definition) is 6. The number of ether oxygens (including phenoxy) is 1. The molecule has 0 fully saturated rings. The number of halogens is 1. The first-order valence-corrected chi connectivity index (χ1v) is 12.0. The molecule has 30 heavy (non-hydrogen) atoms. The number of amidine groups is 1. The van der Waals surface area contributed by atoms with Gasteiger partial charge in [0.05, 0.1) is 17.0 Å². The molecule has 1 unspecified atom stereocenters. The normalized spacial score (nSPS) is 16.9. The van der Waals surface area contributed by atoms with E-state index in [1.807, 2.05) is 19.9 Å². The number of carbonyl (C=O) groups is 1. The molecule has 1 aliphatic heterocycles. The van der Waals surface area contributed by atoms with Crippen molar-refractivity contribution in [1.29, 1.82) is 0 Å². The Morgan fingerprint density at radius 2 is 1.80 bits per heavy atom. The highest BCUT2D eigenvalue weighted by Crippen LogP contribution is 2.22. The highest BCUT2D eigenvalue weighted by molar-refractivity contribution is 9.10. The van der Waals surface area contributed by atoms with Gasteiger partial charge in [0.15, 0.2) is 0 Å². The number of nitrogens with zero attached hydrogens (tertiary/aromatic N) is 2. The van der Waals surface area contributed by atoms with Crippen LogP contribution in [0.3, 0.4) is 0 Å². The van der Waals surface area contributed by atoms with Gasteiger partial charge in [0.25, 0.3) is 10.0 Å². The molecule has 1 aliphatic rings. The lowest BCUT2D eigenvalue weighted by Crippen LogP contribution is -2.37. The average molecular weight is 494 g/mol. The molecular formula is C21H24BrN3O4S. The van der Waals surface area contributed by atoms with Gasteiger partial charge in [-0.3, -0.25) is 9.71 Å². The van der Waals surface area contributed by atoms with Gasteiger partial charge in [0.2, 0.25) is 0 Å². The Morgan fingerprint density at radius 1 is 1.13 bits per heavy atom. The van der Waals surface area contributed by atoms with Crippen LogP contribution in [0.5, 0.6) is 0 Å². The van der Waals surface area contributed by atoms with E-state index >= 15 is 0 Å². The quantitative estimate of drug-likeness (QED) is 0.570. The second-order valence-electron chi connectivity index (χ2n) is 6.78. The lowest BCUT2D eigenvalue weighted by Gasteiger charge is -2.24. The zero-order chi connectivity index (χ0) is 21.7. The third-order valence-corrected chi connectivity index (χ3v) is 6.93. The molecule has 2 aromatic carbocycles. The summed E-state index contributed by atoms with van der Waals surface area (Å²) in [6.07, 6.45) is -0.533. The van der Waals surface area contributed by atoms with Gasteiger partial charge in [-0.2, -0.15) is 0 Å². The van der Waals surface area contributed by atoms with Gasteiger partial charge in [0, 0.05) is 16.6 Å². The summed E-state index contributed by atoms with van der Waals surface area (Å²) in [5, 5.41) is 0. The molecule has 0 bridgehead atoms. The summed E-state index contributed by atoms with van der Waals surface area (Å²) in [6, 6.07) is 13.7. The van der Waals surface area contributed by atoms with E-state index in [4.69, 9.17) is 4.74 Å². The standard InChI is InChI=1S/C21H24BrN3O4S/c1-3-25(4-2)14-15(29-21(26)16-9-5-7-11-18(16)22)13-23-20-17-10-6-8-12-19(17)30(27,28)24-20/h5-12,15H,3-4,13-14H2,1-2H3,(H,23,24). The predicted octanol–water partition coefficient (Wildman–Crippen LogP) is 3.06. The number of hydrogen-bond donors (Lipinski definition) is 1. The Hall–Kier alpha value is -2.23. The molecular weight excluding hydrogens is 470 g/mol. The van der Waals surface area contributed by atoms with Crippen molar-refractivity contribution in [1.82, 2.24) is 9.62 Å². The van der Waals surface area contributed by atoms with Gasteiger partial charge in [0.1, 0.15) is 11.9 Å². The Morgan fingerprint density at radius 3 is 2.50 bits per heavy atom. The van der Waals surface area contributed by atoms with Crippen molar-refractivity contribution in [2.45, 2.75) is 24.8 Å². The molecule has 0 spiro atoms. The Bertz CT molecular complexity index is 1050. The molecule has 1 N–H and O–H groups in total. The summed E-state index contributed by atoms with van der Waals surface area (Å²) in [6.45, 7) is 6.29. The van der Waals surface area contributed by atoms with Gasteiger partial charge in [-0.25, -0.2) is 13.2 Å². The molecule has 0 saturated carbocycles. The number of likely N-dealkylation sites (N-methyl/N-ethyl adjacent to an activating group) is 1. The van der Waals surface area contributed by atoms with Gasteiger partial charge in [-0.1, -0.05) is 38.1 Å². The lowest BCUT2D eigenvalue weighted by atomic mass is 10.2. The molecule has 0 aliphatic carbocycles. The molecule has 0 aromatic heterocycles. The SMILES string of the molecule is CCN(CC)CC(CN=C1NS(=O)(=O)c2ccccc21)OC(=O)c1ccccc1Br. The summed E-state index contributed by atoms with van der Waals surface area (Å²) < 4.78 is 33.5. The second-order valence-corrected chi connectivity index (χ2v) is 9.29. The van der Waals surface area contributed by atoms with Crippen LogP contribution in [0, 0.1) is 0 Å². The molecule has 0 amide bonds. The van der Waals surface area contributed by atoms with Crippen molar-refractivity contribution in [3.05, 3.63) is 64.1 Å². The first-order valence-electron chi connectivity index (χ1n) is 9.70. The van der Waals surface area contributed by atoms with Crippen LogP contribution in [-0.2, 0) is 14.8 Å². The Balaban J connectivity index is 1.82. The van der Waals surface area contributed by atoms with E-state index in [0.717, 1.165) is 13.1 Å². The number of fused-ring (bicyclic) bond motifs is 1. The van der Waals surface area contributed by atoms with E-state index in [9.17, 15) is 13.2 Å². The first-order chi connectivity index (χ1) is 14.4. The van der Waals surface area contributed by atoms with E-state index in [0.29, 0.717) is 22.1 Å². The number of esters is 1. The highest BCUT2D eigenvalue weighted by atomic mass is 79.9. The molecule has 1 heterocycles. The number of nitrogens with one attached hydrogen (secondary N) is 1. The number of sulfonamides is 1. The van der Waals surface area contributed by atoms with Crippen LogP contribution in [0.4, 0.5) is 0 Å². The summed E-state index contributed by atoms with van der Waals surface area (Å²) in [7, 11) is -3.61. The fourth-order valence-corrected chi connectivity index (χ4v) is 4.89. The highest BCUT2D eigenvalue weighted by Gasteiger charge is 2.30. The van der Waals surface area contributed by atoms with E-state index in [1.54, 1.807) is 42.5 Å². The van der Waals surface area contributed by atoms with Crippen LogP contribution in [0.1, 0.15) is 29.8 Å². The summed E-state index contributed by atoms with van der Waals surface area (Å²) >= 11 is 3.37. The Kier molecular flexibility index (Phi) is 7.27. The Labute approximate surface area is 185 Å². The van der Waals surface area contributed by atoms with Gasteiger partial charge < -0.3 is 9.64 Å². The van der Waals surface area contributed by atoms with Crippen molar-refractivity contribution in [2.75, 3.05) is 26.2 Å². The molecule has 2 aromatic rings. The van der Waals surface area contributed by atoms with Crippen molar-refractivity contribution in [3.63, 3.8) is 0 Å². The van der Waals surface area contributed by atoms with Crippen LogP contribution in [0.25, 0.3) is 0 Å². The van der Waals surface area contributed by atoms with Crippen LogP contribution in [0.15, 0.2) is 62.9 Å². The molecule has 0 saturated heterocycles. The van der Waals surface area contributed by atoms with Crippen molar-refractivity contribution in [3.8, 4) is 0 Å². The number of aliphatic imine (C=N–C) groups is 1. The van der Waals surface area contributed by atoms with E-state index < -0.39 is 22.1 Å². The monoisotopic (exact) mass is 493 g/mol. The maximum absolute atomic E-state index is 12.7. The third kappa shape index (κ3) is 5.08. The minimum atomic E-state index is -3.61. The van der Waals surface area contributed by atoms with E-state index in [-0.39, 0.29) is 17.3 Å². The van der Waals surface area contributed by atoms with Crippen LogP contribution in [0.2, 0.25) is 0 Å². The molecule has 160 valence electrons. The summed E-state index contributed by atoms with van der Waals surface area (Å²) in [5.74, 6) is -0.181. The topological polar surface area (TPSA) is 88.1 Å². The third-order valence-electron chi connectivity index (χ3n) is 4.84. The number of carbonyl (C=O) groups excluding carboxylic acids is 1. The number of rotatable bonds is 8. The molecule has 7 nitrogen and oxygen atoms in total. The molecule has 1 atom stereocenters. The fraction of sp³-hybridized carbons (Fsp3) is 0.333. The average Bonchev–Trinajstić information content (AvgIpc) is 3.00. The zero-order valence-electron chi connectivity index (χ0n) is 16.8. The number of benzene rings is 2. The summed E-state index contributed by atoms with van der Waals surface area (Å²) in [4.78, 5) is 19.5. The van der Waals surface area contributed by atoms with Crippen molar-refractivity contribution < 1.29 is 17.9 Å². The minimum Gasteiger partial charge on any atom is -0.455 e. The van der Waals surface area contributed by atoms with Gasteiger partial charge in [-0.15, -0.1) is 0 Å². The predicted molar refractivity (Wildman–Crippen MR) is 119 cm³/mol. The fourth-order valence-electron chi connectivity index (χ4n) is 3.19. The van der Waals surface area contributed by atoms with Crippen LogP contribution < -0.4 is 4.72 Å². The largest absolute Gasteiger partial charge is 0.455 e. The van der Waals surface area contributed by atoms with Crippen LogP contribution in [-0.4, -0.2) is 57.4 Å². The maximum Gasteiger partial charge on any atom is 0.339 e. The van der Waals surface area contributed by atoms with Crippen molar-refractivity contribution in [2.24, 2.45) is 4.99 Å². The van der Waals surface area contributed by atoms with Crippen molar-refractivity contribution >= 4 is 37.8 Å². The summed E-state index contributed by atoms with van der Waals surface area (Å²) in [5.41, 5.74) is 0.956. The van der Waals surface area contributed by atoms with Gasteiger partial charge >= 0.3 is 5.97 Å². The first kappa shape index (κ1) is 22.5. The lowest BCUT2D eigenvalue weighted by molar-refractivity contribution is 0.0235. The van der Waals surface area contributed by atoms with E-state index in [2.05, 4.69) is 30.5 Å². The molecule has 0 radical (unpaired) electrons. The molecule has 9 heteroatoms. The van der Waals surface area contributed by atoms with Gasteiger partial charge in [-0.05, 0) is 53.3 Å². The zero-order valence-corrected chi connectivity index (χ0v) is 19.2. The second kappa shape index (κ2) is 9.72. The van der Waals surface area contributed by atoms with Crippen LogP contribution >= 0.6 is 15.9 Å². The smallest absolute Gasteiger partial charge is 0.339 e. The van der Waals surface area contributed by atoms with E-state index in [1.165, 1.54) is 0 Å².